The van der Waals surface area contributed by atoms with Gasteiger partial charge in [-0.25, -0.2) is 0 Å². The predicted octanol–water partition coefficient (Wildman–Crippen LogP) is 3.06. The summed E-state index contributed by atoms with van der Waals surface area (Å²) in [4.78, 5) is 7.16. The van der Waals surface area contributed by atoms with E-state index in [1.54, 1.807) is 0 Å². The lowest BCUT2D eigenvalue weighted by Crippen LogP contribution is -2.57. The van der Waals surface area contributed by atoms with Crippen molar-refractivity contribution in [1.82, 2.24) is 15.5 Å². The maximum atomic E-state index is 5.46. The summed E-state index contributed by atoms with van der Waals surface area (Å²) in [6.45, 7) is 4.43. The third-order valence-electron chi connectivity index (χ3n) is 5.92. The van der Waals surface area contributed by atoms with Gasteiger partial charge in [0, 0.05) is 50.3 Å². The van der Waals surface area contributed by atoms with Gasteiger partial charge in [-0.1, -0.05) is 18.9 Å². The van der Waals surface area contributed by atoms with Crippen LogP contribution in [-0.4, -0.2) is 61.4 Å². The van der Waals surface area contributed by atoms with Crippen LogP contribution in [0, 0.1) is 0 Å². The Balaban J connectivity index is 0.00000225. The van der Waals surface area contributed by atoms with Crippen LogP contribution in [0.4, 0.5) is 0 Å². The second-order valence-corrected chi connectivity index (χ2v) is 8.72. The lowest BCUT2D eigenvalue weighted by Gasteiger charge is -2.43. The van der Waals surface area contributed by atoms with E-state index in [1.165, 1.54) is 50.3 Å². The van der Waals surface area contributed by atoms with Crippen LogP contribution in [-0.2, 0) is 6.54 Å². The van der Waals surface area contributed by atoms with Crippen LogP contribution < -0.4 is 20.1 Å². The number of benzene rings is 1. The lowest BCUT2D eigenvalue weighted by molar-refractivity contribution is 0.107. The molecule has 0 radical (unpaired) electrons. The first kappa shape index (κ1) is 21.8. The molecule has 0 amide bonds. The van der Waals surface area contributed by atoms with Gasteiger partial charge in [0.05, 0.1) is 0 Å². The highest BCUT2D eigenvalue weighted by Gasteiger charge is 2.39. The SMILES string of the molecule is CN=C(NCc1ccc2c(c1)OCO2)NCC1(N2CCSCC2)CCCC1.I. The number of hydrogen-bond acceptors (Lipinski definition) is 5. The highest BCUT2D eigenvalue weighted by atomic mass is 127. The number of hydrogen-bond donors (Lipinski definition) is 2. The molecule has 0 atom stereocenters. The maximum Gasteiger partial charge on any atom is 0.231 e. The molecule has 1 saturated carbocycles. The van der Waals surface area contributed by atoms with Gasteiger partial charge in [-0.15, -0.1) is 24.0 Å². The molecular weight excluding hydrogens is 487 g/mol. The van der Waals surface area contributed by atoms with Gasteiger partial charge >= 0.3 is 0 Å². The molecule has 3 aliphatic rings. The summed E-state index contributed by atoms with van der Waals surface area (Å²) in [5.74, 6) is 5.04. The van der Waals surface area contributed by atoms with Gasteiger partial charge in [-0.05, 0) is 30.5 Å². The molecule has 28 heavy (non-hydrogen) atoms. The molecule has 2 N–H and O–H groups in total. The van der Waals surface area contributed by atoms with Gasteiger partial charge in [0.2, 0.25) is 6.79 Å². The van der Waals surface area contributed by atoms with Crippen molar-refractivity contribution in [2.24, 2.45) is 4.99 Å². The van der Waals surface area contributed by atoms with E-state index < -0.39 is 0 Å². The minimum atomic E-state index is 0. The highest BCUT2D eigenvalue weighted by Crippen LogP contribution is 2.36. The van der Waals surface area contributed by atoms with Gasteiger partial charge in [-0.2, -0.15) is 11.8 Å². The normalized spacial score (nSPS) is 21.2. The number of halogens is 1. The number of fused-ring (bicyclic) bond motifs is 1. The van der Waals surface area contributed by atoms with E-state index in [0.717, 1.165) is 29.6 Å². The molecule has 0 spiro atoms. The molecule has 0 aromatic heterocycles. The van der Waals surface area contributed by atoms with E-state index in [1.807, 2.05) is 19.2 Å². The van der Waals surface area contributed by atoms with Gasteiger partial charge in [-0.3, -0.25) is 9.89 Å². The fourth-order valence-corrected chi connectivity index (χ4v) is 5.28. The number of ether oxygens (including phenoxy) is 2. The molecule has 1 aromatic rings. The van der Waals surface area contributed by atoms with E-state index in [9.17, 15) is 0 Å². The summed E-state index contributed by atoms with van der Waals surface area (Å²) in [6.07, 6.45) is 5.27. The molecule has 2 aliphatic heterocycles. The zero-order chi connectivity index (χ0) is 18.5. The second-order valence-electron chi connectivity index (χ2n) is 7.50. The van der Waals surface area contributed by atoms with Gasteiger partial charge < -0.3 is 20.1 Å². The quantitative estimate of drug-likeness (QED) is 0.355. The fourth-order valence-electron chi connectivity index (χ4n) is 4.38. The maximum absolute atomic E-state index is 5.46. The number of aliphatic imine (C=N–C) groups is 1. The van der Waals surface area contributed by atoms with Crippen molar-refractivity contribution in [1.29, 1.82) is 0 Å². The zero-order valence-electron chi connectivity index (χ0n) is 16.5. The molecule has 156 valence electrons. The smallest absolute Gasteiger partial charge is 0.231 e. The van der Waals surface area contributed by atoms with E-state index in [-0.39, 0.29) is 24.0 Å². The Kier molecular flexibility index (Phi) is 7.99. The fraction of sp³-hybridized carbons (Fsp3) is 0.650. The molecule has 2 heterocycles. The third-order valence-corrected chi connectivity index (χ3v) is 6.86. The number of rotatable bonds is 5. The van der Waals surface area contributed by atoms with Gasteiger partial charge in [0.15, 0.2) is 17.5 Å². The average molecular weight is 518 g/mol. The summed E-state index contributed by atoms with van der Waals surface area (Å²) < 4.78 is 10.8. The molecule has 6 nitrogen and oxygen atoms in total. The Hall–Kier alpha value is -0.870. The van der Waals surface area contributed by atoms with Crippen molar-refractivity contribution in [2.45, 2.75) is 37.8 Å². The predicted molar refractivity (Wildman–Crippen MR) is 126 cm³/mol. The van der Waals surface area contributed by atoms with Gasteiger partial charge in [0.25, 0.3) is 0 Å². The van der Waals surface area contributed by atoms with E-state index in [4.69, 9.17) is 9.47 Å². The monoisotopic (exact) mass is 518 g/mol. The van der Waals surface area contributed by atoms with Crippen LogP contribution in [0.15, 0.2) is 23.2 Å². The Morgan fingerprint density at radius 1 is 1.14 bits per heavy atom. The average Bonchev–Trinajstić information content (AvgIpc) is 3.38. The molecule has 1 aliphatic carbocycles. The minimum Gasteiger partial charge on any atom is -0.454 e. The number of nitrogens with one attached hydrogen (secondary N) is 2. The number of nitrogens with zero attached hydrogens (tertiary/aromatic N) is 2. The van der Waals surface area contributed by atoms with Gasteiger partial charge in [0.1, 0.15) is 0 Å². The van der Waals surface area contributed by atoms with Crippen LogP contribution in [0.25, 0.3) is 0 Å². The highest BCUT2D eigenvalue weighted by molar-refractivity contribution is 14.0. The van der Waals surface area contributed by atoms with Crippen molar-refractivity contribution in [3.05, 3.63) is 23.8 Å². The van der Waals surface area contributed by atoms with Crippen molar-refractivity contribution in [3.8, 4) is 11.5 Å². The molecule has 4 rings (SSSR count). The molecule has 2 fully saturated rings. The van der Waals surface area contributed by atoms with Crippen molar-refractivity contribution in [3.63, 3.8) is 0 Å². The van der Waals surface area contributed by atoms with Crippen molar-refractivity contribution >= 4 is 41.7 Å². The van der Waals surface area contributed by atoms with E-state index >= 15 is 0 Å². The molecule has 0 unspecified atom stereocenters. The summed E-state index contributed by atoms with van der Waals surface area (Å²) in [5.41, 5.74) is 1.46. The Labute approximate surface area is 189 Å². The summed E-state index contributed by atoms with van der Waals surface area (Å²) in [7, 11) is 1.84. The molecule has 8 heteroatoms. The zero-order valence-corrected chi connectivity index (χ0v) is 19.7. The topological polar surface area (TPSA) is 58.1 Å². The molecule has 0 bridgehead atoms. The molecule has 1 saturated heterocycles. The second kappa shape index (κ2) is 10.2. The van der Waals surface area contributed by atoms with Crippen LogP contribution in [0.2, 0.25) is 0 Å². The Bertz CT molecular complexity index is 676. The lowest BCUT2D eigenvalue weighted by atomic mass is 9.94. The first-order valence-corrected chi connectivity index (χ1v) is 11.1. The number of thioether (sulfide) groups is 1. The number of guanidine groups is 1. The van der Waals surface area contributed by atoms with Crippen molar-refractivity contribution < 1.29 is 9.47 Å². The Morgan fingerprint density at radius 2 is 1.89 bits per heavy atom. The van der Waals surface area contributed by atoms with Crippen LogP contribution in [0.1, 0.15) is 31.2 Å². The van der Waals surface area contributed by atoms with Crippen LogP contribution >= 0.6 is 35.7 Å². The minimum absolute atomic E-state index is 0. The van der Waals surface area contributed by atoms with Crippen LogP contribution in [0.5, 0.6) is 11.5 Å². The standard InChI is InChI=1S/C20H30N4O2S.HI/c1-21-19(22-13-16-4-5-17-18(12-16)26-15-25-17)23-14-20(6-2-3-7-20)24-8-10-27-11-9-24;/h4-5,12H,2-3,6-11,13-15H2,1H3,(H2,21,22,23);1H. The van der Waals surface area contributed by atoms with E-state index in [0.29, 0.717) is 18.9 Å². The van der Waals surface area contributed by atoms with Crippen molar-refractivity contribution in [2.75, 3.05) is 45.0 Å². The summed E-state index contributed by atoms with van der Waals surface area (Å²) >= 11 is 2.08. The summed E-state index contributed by atoms with van der Waals surface area (Å²) in [5, 5.41) is 7.05. The largest absolute Gasteiger partial charge is 0.454 e. The summed E-state index contributed by atoms with van der Waals surface area (Å²) in [6, 6.07) is 6.07. The molecular formula is C20H31IN4O2S. The van der Waals surface area contributed by atoms with E-state index in [2.05, 4.69) is 38.4 Å². The Morgan fingerprint density at radius 3 is 2.64 bits per heavy atom. The first-order valence-electron chi connectivity index (χ1n) is 9.95. The van der Waals surface area contributed by atoms with Crippen LogP contribution in [0.3, 0.4) is 0 Å². The molecule has 1 aromatic carbocycles. The third kappa shape index (κ3) is 4.99. The first-order chi connectivity index (χ1) is 13.3.